The maximum Gasteiger partial charge on any atom is 0.338 e. The number of aromatic carboxylic acids is 1. The number of aromatic hydroxyl groups is 3. The van der Waals surface area contributed by atoms with E-state index >= 15 is 0 Å². The third-order valence-electron chi connectivity index (χ3n) is 11.2. The summed E-state index contributed by atoms with van der Waals surface area (Å²) in [4.78, 5) is 8.83. The number of para-hydroxylation sites is 1. The van der Waals surface area contributed by atoms with Crippen LogP contribution in [0.4, 0.5) is 45.5 Å². The number of azo groups is 3. The molecule has 0 saturated carbocycles. The number of carboxylic acid groups (broad SMARTS) is 1. The molecule has 32 heteroatoms. The number of nitrogens with zero attached hydrogens (tertiary/aromatic N) is 8. The van der Waals surface area contributed by atoms with Crippen molar-refractivity contribution in [1.29, 1.82) is 0 Å². The van der Waals surface area contributed by atoms with Gasteiger partial charge in [-0.3, -0.25) is 29.1 Å². The standard InChI is InChI=1S/C45H36N10O18S4/c1-21-14-34(35(73-3)20-33(21)49-47-31-13-11-27(74(61,62)63)19-30(31)45(59)60)50-53-41-37(76(67,68)69)16-23-8-9-25(18-29(23)43(41)57)46-51-39-22(2)54-55(44(39)58)26-10-12-28-24(15-26)17-38(77(70,71)72)40(42(28)56)52-48-32-6-4-5-7-36(32)75(64,65)66/h4-20,48,52,56-58H,1-3H3,(H,59,60)(H,61,62,63)(H,64,65,66)(H,67,68,69)(H,70,71,72). The lowest BCUT2D eigenvalue weighted by molar-refractivity contribution is 0.0697. The van der Waals surface area contributed by atoms with E-state index in [0.29, 0.717) is 11.6 Å². The lowest BCUT2D eigenvalue weighted by Gasteiger charge is -2.17. The first-order chi connectivity index (χ1) is 36.0. The van der Waals surface area contributed by atoms with Crippen LogP contribution in [0.25, 0.3) is 27.2 Å². The van der Waals surface area contributed by atoms with Crippen LogP contribution in [0, 0.1) is 13.8 Å². The number of phenols is 2. The van der Waals surface area contributed by atoms with Gasteiger partial charge in [-0.05, 0) is 109 Å². The Morgan fingerprint density at radius 1 is 0.584 bits per heavy atom. The number of aromatic nitrogens is 2. The van der Waals surface area contributed by atoms with Crippen LogP contribution in [-0.2, 0) is 40.5 Å². The van der Waals surface area contributed by atoms with Crippen molar-refractivity contribution in [1.82, 2.24) is 9.78 Å². The van der Waals surface area contributed by atoms with Gasteiger partial charge < -0.3 is 25.2 Å². The molecule has 10 N–H and O–H groups in total. The minimum Gasteiger partial charge on any atom is -0.505 e. The summed E-state index contributed by atoms with van der Waals surface area (Å²) >= 11 is 0. The first-order valence-electron chi connectivity index (χ1n) is 21.3. The Labute approximate surface area is 434 Å². The normalized spacial score (nSPS) is 12.6. The van der Waals surface area contributed by atoms with Crippen molar-refractivity contribution in [2.75, 3.05) is 18.0 Å². The van der Waals surface area contributed by atoms with E-state index in [1.54, 1.807) is 0 Å². The largest absolute Gasteiger partial charge is 0.505 e. The Balaban J connectivity index is 1.09. The smallest absolute Gasteiger partial charge is 0.338 e. The average Bonchev–Trinajstić information content (AvgIpc) is 3.66. The van der Waals surface area contributed by atoms with Crippen LogP contribution in [0.5, 0.6) is 23.1 Å². The van der Waals surface area contributed by atoms with E-state index in [-0.39, 0.29) is 72.8 Å². The van der Waals surface area contributed by atoms with Crippen LogP contribution < -0.4 is 15.6 Å². The predicted octanol–water partition coefficient (Wildman–Crippen LogP) is 9.29. The number of methoxy groups -OCH3 is 1. The summed E-state index contributed by atoms with van der Waals surface area (Å²) < 4.78 is 143. The fourth-order valence-corrected chi connectivity index (χ4v) is 9.98. The van der Waals surface area contributed by atoms with Crippen molar-refractivity contribution < 1.29 is 81.8 Å². The molecular weight excluding hydrogens is 1100 g/mol. The second-order valence-electron chi connectivity index (χ2n) is 16.2. The van der Waals surface area contributed by atoms with Crippen LogP contribution in [0.15, 0.2) is 153 Å². The Kier molecular flexibility index (Phi) is 14.3. The molecule has 398 valence electrons. The van der Waals surface area contributed by atoms with Crippen molar-refractivity contribution in [3.05, 3.63) is 120 Å². The molecule has 8 rings (SSSR count). The molecule has 7 aromatic carbocycles. The Bertz CT molecular complexity index is 4380. The van der Waals surface area contributed by atoms with Gasteiger partial charge in [-0.2, -0.15) is 53.7 Å². The zero-order valence-electron chi connectivity index (χ0n) is 39.2. The number of benzene rings is 7. The third-order valence-corrected chi connectivity index (χ3v) is 14.7. The highest BCUT2D eigenvalue weighted by atomic mass is 32.2. The quantitative estimate of drug-likeness (QED) is 0.0186. The Morgan fingerprint density at radius 2 is 1.23 bits per heavy atom. The van der Waals surface area contributed by atoms with Gasteiger partial charge in [0.05, 0.1) is 46.0 Å². The van der Waals surface area contributed by atoms with Gasteiger partial charge in [-0.25, -0.2) is 4.79 Å². The number of hydrogen-bond acceptors (Lipinski definition) is 22. The molecule has 0 amide bonds. The Morgan fingerprint density at radius 3 is 1.90 bits per heavy atom. The summed E-state index contributed by atoms with van der Waals surface area (Å²) in [6.07, 6.45) is 0. The number of anilines is 2. The lowest BCUT2D eigenvalue weighted by Crippen LogP contribution is -2.15. The zero-order valence-corrected chi connectivity index (χ0v) is 42.5. The number of hydrazine groups is 1. The highest BCUT2D eigenvalue weighted by Crippen LogP contribution is 2.45. The van der Waals surface area contributed by atoms with E-state index in [9.17, 15) is 77.1 Å². The minimum atomic E-state index is -5.11. The average molecular weight is 1130 g/mol. The SMILES string of the molecule is COc1cc(N=Nc2ccc(S(=O)(=O)O)cc2C(=O)O)c(C)cc1N=Nc1c(S(=O)(=O)O)cc2ccc(N=Nc3c(C)nn(-c4ccc5c(O)c(NNc6ccccc6S(=O)(=O)O)c(S(=O)(=O)O)cc5c4)c3O)cc2c1O. The molecule has 0 aliphatic rings. The molecule has 0 radical (unpaired) electrons. The molecule has 0 aliphatic carbocycles. The van der Waals surface area contributed by atoms with Gasteiger partial charge in [0.2, 0.25) is 5.88 Å². The topological polar surface area (TPSA) is 441 Å². The number of phenolic OH excluding ortho intramolecular Hbond substituents is 2. The van der Waals surface area contributed by atoms with Gasteiger partial charge in [-0.1, -0.05) is 18.2 Å². The number of hydrogen-bond donors (Lipinski definition) is 10. The molecule has 0 bridgehead atoms. The molecule has 28 nitrogen and oxygen atoms in total. The van der Waals surface area contributed by atoms with E-state index in [2.05, 4.69) is 46.6 Å². The second kappa shape index (κ2) is 20.3. The number of ether oxygens (including phenoxy) is 1. The maximum atomic E-state index is 12.6. The molecule has 77 heavy (non-hydrogen) atoms. The van der Waals surface area contributed by atoms with Crippen LogP contribution >= 0.6 is 0 Å². The lowest BCUT2D eigenvalue weighted by atomic mass is 10.1. The predicted molar refractivity (Wildman–Crippen MR) is 271 cm³/mol. The highest BCUT2D eigenvalue weighted by molar-refractivity contribution is 7.86. The van der Waals surface area contributed by atoms with Gasteiger partial charge in [0.15, 0.2) is 11.4 Å². The first-order valence-corrected chi connectivity index (χ1v) is 27.0. The van der Waals surface area contributed by atoms with Crippen LogP contribution in [0.2, 0.25) is 0 Å². The number of rotatable bonds is 16. The van der Waals surface area contributed by atoms with E-state index in [4.69, 9.17) is 4.74 Å². The van der Waals surface area contributed by atoms with E-state index in [0.717, 1.165) is 35.0 Å². The number of carboxylic acids is 1. The van der Waals surface area contributed by atoms with Gasteiger partial charge in [0.1, 0.15) is 48.9 Å². The van der Waals surface area contributed by atoms with E-state index in [1.165, 1.54) is 87.7 Å². The molecule has 0 saturated heterocycles. The number of carbonyl (C=O) groups is 1. The van der Waals surface area contributed by atoms with Gasteiger partial charge in [-0.15, -0.1) is 20.5 Å². The summed E-state index contributed by atoms with van der Waals surface area (Å²) in [5.74, 6) is -3.71. The molecule has 8 aromatic rings. The monoisotopic (exact) mass is 1130 g/mol. The molecule has 1 heterocycles. The van der Waals surface area contributed by atoms with Crippen LogP contribution in [0.1, 0.15) is 21.6 Å². The molecule has 0 unspecified atom stereocenters. The van der Waals surface area contributed by atoms with Crippen molar-refractivity contribution in [3.63, 3.8) is 0 Å². The fraction of sp³-hybridized carbons (Fsp3) is 0.0667. The number of fused-ring (bicyclic) bond motifs is 2. The maximum absolute atomic E-state index is 12.6. The van der Waals surface area contributed by atoms with Crippen molar-refractivity contribution in [3.8, 4) is 28.8 Å². The molecule has 0 aliphatic heterocycles. The summed E-state index contributed by atoms with van der Waals surface area (Å²) in [6, 6.07) is 20.2. The molecule has 0 atom stereocenters. The molecule has 1 aromatic heterocycles. The van der Waals surface area contributed by atoms with Crippen molar-refractivity contribution in [2.24, 2.45) is 30.7 Å². The highest BCUT2D eigenvalue weighted by Gasteiger charge is 2.26. The number of nitrogens with one attached hydrogen (secondary N) is 2. The summed E-state index contributed by atoms with van der Waals surface area (Å²) in [6.45, 7) is 2.99. The van der Waals surface area contributed by atoms with Crippen LogP contribution in [-0.4, -0.2) is 95.2 Å². The third kappa shape index (κ3) is 11.2. The van der Waals surface area contributed by atoms with E-state index in [1.807, 2.05) is 0 Å². The van der Waals surface area contributed by atoms with Crippen molar-refractivity contribution >= 4 is 113 Å². The second-order valence-corrected chi connectivity index (χ2v) is 21.8. The zero-order chi connectivity index (χ0) is 56.1. The molecule has 0 fully saturated rings. The Hall–Kier alpha value is -9.02. The van der Waals surface area contributed by atoms with Crippen molar-refractivity contribution in [2.45, 2.75) is 33.4 Å². The fourth-order valence-electron chi connectivity index (χ4n) is 7.48. The molecule has 0 spiro atoms. The number of aryl methyl sites for hydroxylation is 2. The van der Waals surface area contributed by atoms with Gasteiger partial charge in [0.25, 0.3) is 40.5 Å². The summed E-state index contributed by atoms with van der Waals surface area (Å²) in [5.41, 5.74) is 2.74. The molecular formula is C45H36N10O18S4. The van der Waals surface area contributed by atoms with Gasteiger partial charge in [0, 0.05) is 16.8 Å². The summed E-state index contributed by atoms with van der Waals surface area (Å²) in [5, 5.41) is 72.3. The first kappa shape index (κ1) is 54.2. The van der Waals surface area contributed by atoms with Crippen LogP contribution in [0.3, 0.4) is 0 Å². The van der Waals surface area contributed by atoms with E-state index < -0.39 is 100 Å². The summed E-state index contributed by atoms with van der Waals surface area (Å²) in [7, 11) is -18.5. The van der Waals surface area contributed by atoms with Gasteiger partial charge >= 0.3 is 5.97 Å². The minimum absolute atomic E-state index is 0.00228.